The Morgan fingerprint density at radius 1 is 1.09 bits per heavy atom. The number of benzene rings is 2. The Kier molecular flexibility index (Phi) is 7.38. The molecule has 1 aliphatic rings. The van der Waals surface area contributed by atoms with Gasteiger partial charge in [-0.1, -0.05) is 54.2 Å². The maximum absolute atomic E-state index is 12.4. The topological polar surface area (TPSA) is 96.1 Å². The zero-order chi connectivity index (χ0) is 22.2. The number of nitriles is 1. The summed E-state index contributed by atoms with van der Waals surface area (Å²) in [6.07, 6.45) is 0.301. The molecule has 32 heavy (non-hydrogen) atoms. The molecule has 1 N–H and O–H groups in total. The van der Waals surface area contributed by atoms with E-state index in [0.717, 1.165) is 29.8 Å². The first-order chi connectivity index (χ1) is 15.7. The van der Waals surface area contributed by atoms with Gasteiger partial charge in [0.25, 0.3) is 0 Å². The van der Waals surface area contributed by atoms with Crippen LogP contribution in [0.1, 0.15) is 17.5 Å². The third-order valence-electron chi connectivity index (χ3n) is 5.06. The molecule has 4 rings (SSSR count). The molecule has 0 atom stereocenters. The van der Waals surface area contributed by atoms with Crippen molar-refractivity contribution in [3.05, 3.63) is 65.7 Å². The van der Waals surface area contributed by atoms with Crippen molar-refractivity contribution in [2.75, 3.05) is 42.3 Å². The molecule has 3 aromatic rings. The van der Waals surface area contributed by atoms with Gasteiger partial charge >= 0.3 is 0 Å². The average Bonchev–Trinajstić information content (AvgIpc) is 3.23. The van der Waals surface area contributed by atoms with Crippen LogP contribution in [0, 0.1) is 11.3 Å². The summed E-state index contributed by atoms with van der Waals surface area (Å²) >= 11 is 1.51. The molecule has 0 saturated carbocycles. The van der Waals surface area contributed by atoms with Crippen LogP contribution < -0.4 is 10.2 Å². The molecule has 0 radical (unpaired) electrons. The lowest BCUT2D eigenvalue weighted by Crippen LogP contribution is -2.38. The van der Waals surface area contributed by atoms with Crippen molar-refractivity contribution in [1.82, 2.24) is 14.8 Å². The van der Waals surface area contributed by atoms with Crippen LogP contribution >= 0.6 is 11.8 Å². The number of amides is 1. The van der Waals surface area contributed by atoms with E-state index in [9.17, 15) is 10.1 Å². The molecule has 0 spiro atoms. The number of nitrogens with one attached hydrogen (secondary N) is 1. The fourth-order valence-electron chi connectivity index (χ4n) is 3.43. The van der Waals surface area contributed by atoms with E-state index in [-0.39, 0.29) is 5.91 Å². The van der Waals surface area contributed by atoms with Gasteiger partial charge in [0.15, 0.2) is 5.16 Å². The van der Waals surface area contributed by atoms with Crippen molar-refractivity contribution >= 4 is 29.3 Å². The van der Waals surface area contributed by atoms with E-state index in [1.807, 2.05) is 18.2 Å². The van der Waals surface area contributed by atoms with Gasteiger partial charge < -0.3 is 15.0 Å². The Hall–Kier alpha value is -3.35. The van der Waals surface area contributed by atoms with Crippen LogP contribution in [0.5, 0.6) is 0 Å². The minimum Gasteiger partial charge on any atom is -0.378 e. The second kappa shape index (κ2) is 10.8. The van der Waals surface area contributed by atoms with Crippen molar-refractivity contribution < 1.29 is 9.53 Å². The molecule has 1 aromatic heterocycles. The highest BCUT2D eigenvalue weighted by Crippen LogP contribution is 2.25. The van der Waals surface area contributed by atoms with Crippen molar-refractivity contribution in [2.45, 2.75) is 18.1 Å². The molecule has 0 bridgehead atoms. The number of ether oxygens (including phenoxy) is 1. The molecule has 0 unspecified atom stereocenters. The lowest BCUT2D eigenvalue weighted by molar-refractivity contribution is -0.115. The Balaban J connectivity index is 1.43. The summed E-state index contributed by atoms with van der Waals surface area (Å²) in [6.45, 7) is 3.55. The number of nitrogens with zero attached hydrogens (tertiary/aromatic N) is 5. The first kappa shape index (κ1) is 21.9. The monoisotopic (exact) mass is 448 g/mol. The third kappa shape index (κ3) is 5.46. The lowest BCUT2D eigenvalue weighted by Gasteiger charge is -2.28. The summed E-state index contributed by atoms with van der Waals surface area (Å²) in [5.74, 6) is 1.24. The number of morpholine rings is 1. The Bertz CT molecular complexity index is 1090. The Morgan fingerprint density at radius 3 is 2.62 bits per heavy atom. The summed E-state index contributed by atoms with van der Waals surface area (Å²) in [4.78, 5) is 14.6. The Morgan fingerprint density at radius 2 is 1.84 bits per heavy atom. The summed E-state index contributed by atoms with van der Waals surface area (Å²) in [6, 6.07) is 19.3. The highest BCUT2D eigenvalue weighted by Gasteiger charge is 2.21. The number of hydrogen-bond acceptors (Lipinski definition) is 7. The van der Waals surface area contributed by atoms with Gasteiger partial charge in [0.05, 0.1) is 31.0 Å². The molecule has 164 valence electrons. The van der Waals surface area contributed by atoms with Gasteiger partial charge in [-0.25, -0.2) is 0 Å². The highest BCUT2D eigenvalue weighted by molar-refractivity contribution is 7.99. The van der Waals surface area contributed by atoms with Crippen LogP contribution in [0.4, 0.5) is 11.6 Å². The van der Waals surface area contributed by atoms with Crippen LogP contribution in [-0.2, 0) is 16.1 Å². The number of carbonyl (C=O) groups is 1. The second-order valence-electron chi connectivity index (χ2n) is 7.26. The SMILES string of the molecule is N#Cc1ccccc1NC(=O)CCSc1nnc(N2CCOCC2)n1Cc1ccccc1. The van der Waals surface area contributed by atoms with Gasteiger partial charge in [-0.2, -0.15) is 5.26 Å². The minimum atomic E-state index is -0.136. The number of hydrogen-bond donors (Lipinski definition) is 1. The number of para-hydroxylation sites is 1. The van der Waals surface area contributed by atoms with E-state index in [1.165, 1.54) is 11.8 Å². The molecule has 2 aromatic carbocycles. The second-order valence-corrected chi connectivity index (χ2v) is 8.32. The third-order valence-corrected chi connectivity index (χ3v) is 6.03. The summed E-state index contributed by atoms with van der Waals surface area (Å²) in [7, 11) is 0. The zero-order valence-electron chi connectivity index (χ0n) is 17.6. The number of aromatic nitrogens is 3. The van der Waals surface area contributed by atoms with Crippen molar-refractivity contribution in [2.24, 2.45) is 0 Å². The fraction of sp³-hybridized carbons (Fsp3) is 0.304. The molecule has 8 nitrogen and oxygen atoms in total. The quantitative estimate of drug-likeness (QED) is 0.529. The molecule has 0 aliphatic carbocycles. The Labute approximate surface area is 191 Å². The first-order valence-electron chi connectivity index (χ1n) is 10.5. The average molecular weight is 449 g/mol. The van der Waals surface area contributed by atoms with Gasteiger partial charge in [0, 0.05) is 25.3 Å². The number of rotatable bonds is 8. The number of anilines is 2. The van der Waals surface area contributed by atoms with Crippen LogP contribution in [0.25, 0.3) is 0 Å². The maximum atomic E-state index is 12.4. The van der Waals surface area contributed by atoms with E-state index in [2.05, 4.69) is 43.2 Å². The molecule has 1 fully saturated rings. The highest BCUT2D eigenvalue weighted by atomic mass is 32.2. The first-order valence-corrected chi connectivity index (χ1v) is 11.4. The van der Waals surface area contributed by atoms with E-state index < -0.39 is 0 Å². The van der Waals surface area contributed by atoms with E-state index in [1.54, 1.807) is 24.3 Å². The van der Waals surface area contributed by atoms with Gasteiger partial charge in [0.1, 0.15) is 6.07 Å². The standard InChI is InChI=1S/C23H24N6O2S/c24-16-19-8-4-5-9-20(19)25-21(30)10-15-32-23-27-26-22(28-11-13-31-14-12-28)29(23)17-18-6-2-1-3-7-18/h1-9H,10-15,17H2,(H,25,30). The molecule has 1 aliphatic heterocycles. The van der Waals surface area contributed by atoms with Gasteiger partial charge in [0.2, 0.25) is 11.9 Å². The van der Waals surface area contributed by atoms with E-state index in [0.29, 0.717) is 43.2 Å². The smallest absolute Gasteiger partial charge is 0.228 e. The molecule has 1 saturated heterocycles. The van der Waals surface area contributed by atoms with Gasteiger partial charge in [-0.05, 0) is 17.7 Å². The summed E-state index contributed by atoms with van der Waals surface area (Å²) in [5, 5.41) is 21.6. The predicted octanol–water partition coefficient (Wildman–Crippen LogP) is 3.16. The lowest BCUT2D eigenvalue weighted by atomic mass is 10.2. The predicted molar refractivity (Wildman–Crippen MR) is 124 cm³/mol. The van der Waals surface area contributed by atoms with E-state index in [4.69, 9.17) is 4.74 Å². The van der Waals surface area contributed by atoms with Crippen LogP contribution in [0.3, 0.4) is 0 Å². The largest absolute Gasteiger partial charge is 0.378 e. The summed E-state index contributed by atoms with van der Waals surface area (Å²) < 4.78 is 7.58. The van der Waals surface area contributed by atoms with Crippen LogP contribution in [0.15, 0.2) is 59.8 Å². The normalized spacial score (nSPS) is 13.5. The molecule has 1 amide bonds. The van der Waals surface area contributed by atoms with Crippen molar-refractivity contribution in [1.29, 1.82) is 5.26 Å². The van der Waals surface area contributed by atoms with Crippen LogP contribution in [-0.4, -0.2) is 52.7 Å². The maximum Gasteiger partial charge on any atom is 0.228 e. The van der Waals surface area contributed by atoms with E-state index >= 15 is 0 Å². The van der Waals surface area contributed by atoms with Crippen molar-refractivity contribution in [3.8, 4) is 6.07 Å². The van der Waals surface area contributed by atoms with Gasteiger partial charge in [-0.15, -0.1) is 10.2 Å². The molecular formula is C23H24N6O2S. The van der Waals surface area contributed by atoms with Crippen molar-refractivity contribution in [3.63, 3.8) is 0 Å². The summed E-state index contributed by atoms with van der Waals surface area (Å²) in [5.41, 5.74) is 2.15. The number of carbonyl (C=O) groups excluding carboxylic acids is 1. The zero-order valence-corrected chi connectivity index (χ0v) is 18.4. The van der Waals surface area contributed by atoms with Crippen LogP contribution in [0.2, 0.25) is 0 Å². The molecule has 2 heterocycles. The number of thioether (sulfide) groups is 1. The molecule has 9 heteroatoms. The minimum absolute atomic E-state index is 0.136. The van der Waals surface area contributed by atoms with Gasteiger partial charge in [-0.3, -0.25) is 9.36 Å². The molecular weight excluding hydrogens is 424 g/mol. The fourth-order valence-corrected chi connectivity index (χ4v) is 4.30.